The molecule has 0 atom stereocenters. The minimum Gasteiger partial charge on any atom is -0.444 e. The molecule has 7 nitrogen and oxygen atoms in total. The molecule has 20 heavy (non-hydrogen) atoms. The number of imide groups is 1. The van der Waals surface area contributed by atoms with Crippen molar-refractivity contribution in [2.75, 3.05) is 26.3 Å². The zero-order chi connectivity index (χ0) is 15.2. The van der Waals surface area contributed by atoms with Gasteiger partial charge >= 0.3 is 6.09 Å². The van der Waals surface area contributed by atoms with E-state index < -0.39 is 11.7 Å². The predicted octanol–water partition coefficient (Wildman–Crippen LogP) is 0.453. The van der Waals surface area contributed by atoms with Gasteiger partial charge in [0.25, 0.3) is 11.8 Å². The first-order valence-electron chi connectivity index (χ1n) is 6.38. The van der Waals surface area contributed by atoms with Gasteiger partial charge < -0.3 is 14.8 Å². The Kier molecular flexibility index (Phi) is 5.69. The molecule has 0 aromatic rings. The number of nitrogens with one attached hydrogen (secondary N) is 1. The molecule has 7 heteroatoms. The Morgan fingerprint density at radius 2 is 1.80 bits per heavy atom. The fraction of sp³-hybridized carbons (Fsp3) is 0.615. The van der Waals surface area contributed by atoms with Crippen LogP contribution in [0.4, 0.5) is 4.79 Å². The van der Waals surface area contributed by atoms with Crippen LogP contribution in [-0.4, -0.2) is 54.7 Å². The van der Waals surface area contributed by atoms with E-state index in [0.717, 1.165) is 4.90 Å². The van der Waals surface area contributed by atoms with E-state index in [-0.39, 0.29) is 31.6 Å². The summed E-state index contributed by atoms with van der Waals surface area (Å²) in [4.78, 5) is 34.8. The van der Waals surface area contributed by atoms with Crippen molar-refractivity contribution < 1.29 is 23.9 Å². The minimum absolute atomic E-state index is 0.205. The maximum Gasteiger partial charge on any atom is 0.407 e. The molecule has 0 unspecified atom stereocenters. The summed E-state index contributed by atoms with van der Waals surface area (Å²) in [5.74, 6) is -0.657. The highest BCUT2D eigenvalue weighted by atomic mass is 16.6. The molecule has 0 spiro atoms. The quantitative estimate of drug-likeness (QED) is 0.565. The topological polar surface area (TPSA) is 84.9 Å². The highest BCUT2D eigenvalue weighted by Gasteiger charge is 2.22. The Morgan fingerprint density at radius 3 is 2.35 bits per heavy atom. The molecule has 0 radical (unpaired) electrons. The first kappa shape index (κ1) is 16.2. The molecule has 0 bridgehead atoms. The third-order valence-electron chi connectivity index (χ3n) is 2.27. The Bertz CT molecular complexity index is 393. The summed E-state index contributed by atoms with van der Waals surface area (Å²) < 4.78 is 10.3. The van der Waals surface area contributed by atoms with Crippen LogP contribution in [0.2, 0.25) is 0 Å². The van der Waals surface area contributed by atoms with Crippen molar-refractivity contribution in [2.24, 2.45) is 0 Å². The number of rotatable bonds is 6. The Hall–Kier alpha value is -1.89. The van der Waals surface area contributed by atoms with Crippen LogP contribution in [0.1, 0.15) is 20.8 Å². The average molecular weight is 284 g/mol. The Balaban J connectivity index is 2.04. The number of nitrogens with zero attached hydrogens (tertiary/aromatic N) is 1. The van der Waals surface area contributed by atoms with Crippen molar-refractivity contribution in [1.29, 1.82) is 0 Å². The summed E-state index contributed by atoms with van der Waals surface area (Å²) in [5, 5.41) is 2.54. The second-order valence-electron chi connectivity index (χ2n) is 5.20. The summed E-state index contributed by atoms with van der Waals surface area (Å²) in [7, 11) is 0. The lowest BCUT2D eigenvalue weighted by atomic mass is 10.2. The van der Waals surface area contributed by atoms with Gasteiger partial charge in [-0.05, 0) is 20.8 Å². The van der Waals surface area contributed by atoms with Crippen molar-refractivity contribution >= 4 is 17.9 Å². The van der Waals surface area contributed by atoms with Gasteiger partial charge in [0.1, 0.15) is 5.60 Å². The molecule has 1 aliphatic heterocycles. The lowest BCUT2D eigenvalue weighted by Gasteiger charge is -2.19. The highest BCUT2D eigenvalue weighted by Crippen LogP contribution is 2.06. The van der Waals surface area contributed by atoms with E-state index in [9.17, 15) is 14.4 Å². The van der Waals surface area contributed by atoms with Crippen molar-refractivity contribution in [3.05, 3.63) is 12.2 Å². The normalized spacial score (nSPS) is 14.8. The molecule has 1 heterocycles. The van der Waals surface area contributed by atoms with Gasteiger partial charge in [0.15, 0.2) is 0 Å². The van der Waals surface area contributed by atoms with Gasteiger partial charge in [-0.15, -0.1) is 0 Å². The highest BCUT2D eigenvalue weighted by molar-refractivity contribution is 6.12. The van der Waals surface area contributed by atoms with E-state index in [1.54, 1.807) is 20.8 Å². The van der Waals surface area contributed by atoms with Gasteiger partial charge in [-0.25, -0.2) is 4.79 Å². The van der Waals surface area contributed by atoms with E-state index in [4.69, 9.17) is 9.47 Å². The third kappa shape index (κ3) is 5.83. The zero-order valence-corrected chi connectivity index (χ0v) is 12.0. The molecule has 0 saturated carbocycles. The van der Waals surface area contributed by atoms with E-state index in [1.165, 1.54) is 12.2 Å². The fourth-order valence-corrected chi connectivity index (χ4v) is 1.45. The van der Waals surface area contributed by atoms with Crippen molar-refractivity contribution in [3.63, 3.8) is 0 Å². The van der Waals surface area contributed by atoms with E-state index in [2.05, 4.69) is 5.32 Å². The standard InChI is InChI=1S/C13H20N2O5/c1-13(2,3)20-12(18)14-6-8-19-9-7-15-10(16)4-5-11(15)17/h4-5H,6-9H2,1-3H3,(H,14,18). The molecule has 0 aliphatic carbocycles. The maximum absolute atomic E-state index is 11.3. The van der Waals surface area contributed by atoms with Gasteiger partial charge in [-0.1, -0.05) is 0 Å². The van der Waals surface area contributed by atoms with Gasteiger partial charge in [0.2, 0.25) is 0 Å². The average Bonchev–Trinajstić information content (AvgIpc) is 2.62. The summed E-state index contributed by atoms with van der Waals surface area (Å²) >= 11 is 0. The largest absolute Gasteiger partial charge is 0.444 e. The van der Waals surface area contributed by atoms with E-state index >= 15 is 0 Å². The van der Waals surface area contributed by atoms with Gasteiger partial charge in [-0.2, -0.15) is 0 Å². The monoisotopic (exact) mass is 284 g/mol. The number of carbonyl (C=O) groups is 3. The van der Waals surface area contributed by atoms with Gasteiger partial charge in [0.05, 0.1) is 19.8 Å². The maximum atomic E-state index is 11.3. The molecule has 112 valence electrons. The van der Waals surface area contributed by atoms with Crippen LogP contribution in [0, 0.1) is 0 Å². The van der Waals surface area contributed by atoms with Crippen molar-refractivity contribution in [1.82, 2.24) is 10.2 Å². The molecule has 0 aromatic carbocycles. The number of carbonyl (C=O) groups excluding carboxylic acids is 3. The second kappa shape index (κ2) is 7.04. The first-order chi connectivity index (χ1) is 9.29. The molecule has 0 saturated heterocycles. The Labute approximate surface area is 117 Å². The summed E-state index contributed by atoms with van der Waals surface area (Å²) in [5.41, 5.74) is -0.533. The van der Waals surface area contributed by atoms with E-state index in [1.807, 2.05) is 0 Å². The molecule has 1 N–H and O–H groups in total. The SMILES string of the molecule is CC(C)(C)OC(=O)NCCOCCN1C(=O)C=CC1=O. The van der Waals surface area contributed by atoms with Crippen LogP contribution in [-0.2, 0) is 19.1 Å². The molecule has 3 amide bonds. The molecule has 1 rings (SSSR count). The smallest absolute Gasteiger partial charge is 0.407 e. The van der Waals surface area contributed by atoms with E-state index in [0.29, 0.717) is 6.54 Å². The Morgan fingerprint density at radius 1 is 1.20 bits per heavy atom. The number of alkyl carbamates (subject to hydrolysis) is 1. The van der Waals surface area contributed by atoms with Gasteiger partial charge in [-0.3, -0.25) is 14.5 Å². The summed E-state index contributed by atoms with van der Waals surface area (Å²) in [6.45, 7) is 6.35. The van der Waals surface area contributed by atoms with Crippen molar-refractivity contribution in [2.45, 2.75) is 26.4 Å². The second-order valence-corrected chi connectivity index (χ2v) is 5.20. The fourth-order valence-electron chi connectivity index (χ4n) is 1.45. The third-order valence-corrected chi connectivity index (χ3v) is 2.27. The number of amides is 3. The zero-order valence-electron chi connectivity index (χ0n) is 12.0. The van der Waals surface area contributed by atoms with Crippen molar-refractivity contribution in [3.8, 4) is 0 Å². The number of ether oxygens (including phenoxy) is 2. The molecular weight excluding hydrogens is 264 g/mol. The van der Waals surface area contributed by atoms with Crippen LogP contribution >= 0.6 is 0 Å². The van der Waals surface area contributed by atoms with Gasteiger partial charge in [0, 0.05) is 18.7 Å². The molecule has 1 aliphatic rings. The predicted molar refractivity (Wildman–Crippen MR) is 70.9 cm³/mol. The minimum atomic E-state index is -0.533. The van der Waals surface area contributed by atoms with Crippen LogP contribution in [0.25, 0.3) is 0 Å². The summed E-state index contributed by atoms with van der Waals surface area (Å²) in [6, 6.07) is 0. The molecule has 0 fully saturated rings. The number of hydrogen-bond donors (Lipinski definition) is 1. The molecular formula is C13H20N2O5. The lowest BCUT2D eigenvalue weighted by molar-refractivity contribution is -0.137. The lowest BCUT2D eigenvalue weighted by Crippen LogP contribution is -2.35. The van der Waals surface area contributed by atoms with Crippen LogP contribution in [0.3, 0.4) is 0 Å². The van der Waals surface area contributed by atoms with Crippen LogP contribution in [0.5, 0.6) is 0 Å². The van der Waals surface area contributed by atoms with Crippen LogP contribution < -0.4 is 5.32 Å². The first-order valence-corrected chi connectivity index (χ1v) is 6.38. The molecule has 0 aromatic heterocycles. The van der Waals surface area contributed by atoms with Crippen LogP contribution in [0.15, 0.2) is 12.2 Å². The number of hydrogen-bond acceptors (Lipinski definition) is 5. The summed E-state index contributed by atoms with van der Waals surface area (Å²) in [6.07, 6.45) is 1.95.